The van der Waals surface area contributed by atoms with Gasteiger partial charge in [0.05, 0.1) is 5.56 Å². The second kappa shape index (κ2) is 12.6. The Bertz CT molecular complexity index is 912. The lowest BCUT2D eigenvalue weighted by Gasteiger charge is -2.25. The molecule has 0 heterocycles. The quantitative estimate of drug-likeness (QED) is 0.444. The van der Waals surface area contributed by atoms with Crippen molar-refractivity contribution in [2.45, 2.75) is 59.5 Å². The lowest BCUT2D eigenvalue weighted by molar-refractivity contribution is 0.0523. The zero-order chi connectivity index (χ0) is 25.3. The Morgan fingerprint density at radius 2 is 1.65 bits per heavy atom. The van der Waals surface area contributed by atoms with Crippen LogP contribution in [0.15, 0.2) is 29.5 Å². The summed E-state index contributed by atoms with van der Waals surface area (Å²) in [7, 11) is 2.00. The molecule has 0 saturated heterocycles. The predicted molar refractivity (Wildman–Crippen MR) is 133 cm³/mol. The van der Waals surface area contributed by atoms with Gasteiger partial charge in [-0.05, 0) is 72.6 Å². The zero-order valence-electron chi connectivity index (χ0n) is 21.4. The first-order chi connectivity index (χ1) is 16.0. The number of benzene rings is 1. The van der Waals surface area contributed by atoms with E-state index < -0.39 is 11.7 Å². The summed E-state index contributed by atoms with van der Waals surface area (Å²) in [6, 6.07) is 5.13. The van der Waals surface area contributed by atoms with Gasteiger partial charge in [0.1, 0.15) is 18.0 Å². The smallest absolute Gasteiger partial charge is 0.407 e. The molecule has 0 atom stereocenters. The van der Waals surface area contributed by atoms with E-state index in [0.29, 0.717) is 36.6 Å². The Morgan fingerprint density at radius 1 is 1.00 bits per heavy atom. The van der Waals surface area contributed by atoms with Crippen molar-refractivity contribution in [3.8, 4) is 5.75 Å². The number of hydrogen-bond acceptors (Lipinski definition) is 7. The van der Waals surface area contributed by atoms with Crippen LogP contribution in [0.25, 0.3) is 0 Å². The van der Waals surface area contributed by atoms with Crippen molar-refractivity contribution in [1.29, 1.82) is 0 Å². The molecule has 0 spiro atoms. The molecule has 1 saturated carbocycles. The normalized spacial score (nSPS) is 13.2. The molecule has 1 fully saturated rings. The average molecular weight is 474 g/mol. The molecular formula is C26H39N3O5. The number of hydrogen-bond donors (Lipinski definition) is 2. The summed E-state index contributed by atoms with van der Waals surface area (Å²) >= 11 is 0. The van der Waals surface area contributed by atoms with E-state index in [1.165, 1.54) is 19.4 Å². The van der Waals surface area contributed by atoms with Gasteiger partial charge in [0, 0.05) is 37.4 Å². The SMILES string of the molecule is CC(=O)c1cccc(OCC(NCCN(C)CCNC(=O)OC(C)(C)C)=C2CCC2)c1C(C)=O. The van der Waals surface area contributed by atoms with Gasteiger partial charge in [0.2, 0.25) is 0 Å². The maximum absolute atomic E-state index is 12.2. The van der Waals surface area contributed by atoms with Gasteiger partial charge >= 0.3 is 6.09 Å². The number of allylic oxidation sites excluding steroid dienone is 1. The number of ether oxygens (including phenoxy) is 2. The fourth-order valence-corrected chi connectivity index (χ4v) is 3.56. The van der Waals surface area contributed by atoms with Gasteiger partial charge in [0.25, 0.3) is 0 Å². The third-order valence-electron chi connectivity index (χ3n) is 5.51. The monoisotopic (exact) mass is 473 g/mol. The molecule has 2 N–H and O–H groups in total. The maximum atomic E-state index is 12.2. The minimum Gasteiger partial charge on any atom is -0.487 e. The fourth-order valence-electron chi connectivity index (χ4n) is 3.56. The first-order valence-electron chi connectivity index (χ1n) is 11.9. The van der Waals surface area contributed by atoms with Crippen molar-refractivity contribution in [3.63, 3.8) is 0 Å². The molecule has 0 aromatic heterocycles. The number of carbonyl (C=O) groups excluding carboxylic acids is 3. The van der Waals surface area contributed by atoms with Crippen molar-refractivity contribution < 1.29 is 23.9 Å². The highest BCUT2D eigenvalue weighted by Crippen LogP contribution is 2.29. The highest BCUT2D eigenvalue weighted by molar-refractivity contribution is 6.09. The van der Waals surface area contributed by atoms with Crippen LogP contribution in [-0.2, 0) is 4.74 Å². The summed E-state index contributed by atoms with van der Waals surface area (Å²) in [6.07, 6.45) is 2.82. The first kappa shape index (κ1) is 27.4. The van der Waals surface area contributed by atoms with E-state index >= 15 is 0 Å². The number of nitrogens with one attached hydrogen (secondary N) is 2. The Morgan fingerprint density at radius 3 is 2.18 bits per heavy atom. The van der Waals surface area contributed by atoms with Crippen LogP contribution in [-0.4, -0.2) is 68.0 Å². The molecule has 1 aromatic rings. The molecule has 1 aromatic carbocycles. The molecule has 34 heavy (non-hydrogen) atoms. The second-order valence-electron chi connectivity index (χ2n) is 9.67. The number of rotatable bonds is 12. The molecule has 8 nitrogen and oxygen atoms in total. The van der Waals surface area contributed by atoms with Crippen LogP contribution in [0.3, 0.4) is 0 Å². The number of amides is 1. The summed E-state index contributed by atoms with van der Waals surface area (Å²) in [4.78, 5) is 38.0. The molecular weight excluding hydrogens is 434 g/mol. The van der Waals surface area contributed by atoms with Gasteiger partial charge in [-0.1, -0.05) is 12.1 Å². The minimum absolute atomic E-state index is 0.157. The summed E-state index contributed by atoms with van der Waals surface area (Å²) in [5.41, 5.74) is 2.59. The Hall–Kier alpha value is -2.87. The van der Waals surface area contributed by atoms with Crippen LogP contribution in [0.1, 0.15) is 74.6 Å². The van der Waals surface area contributed by atoms with Gasteiger partial charge in [-0.25, -0.2) is 4.79 Å². The Kier molecular flexibility index (Phi) is 10.1. The van der Waals surface area contributed by atoms with Crippen LogP contribution in [0.2, 0.25) is 0 Å². The van der Waals surface area contributed by atoms with E-state index in [4.69, 9.17) is 9.47 Å². The van der Waals surface area contributed by atoms with Crippen molar-refractivity contribution >= 4 is 17.7 Å². The van der Waals surface area contributed by atoms with Gasteiger partial charge in [-0.3, -0.25) is 9.59 Å². The molecule has 2 rings (SSSR count). The van der Waals surface area contributed by atoms with Gasteiger partial charge in [-0.15, -0.1) is 0 Å². The minimum atomic E-state index is -0.508. The molecule has 188 valence electrons. The molecule has 0 radical (unpaired) electrons. The molecule has 0 aliphatic heterocycles. The van der Waals surface area contributed by atoms with Crippen LogP contribution in [0.5, 0.6) is 5.75 Å². The number of alkyl carbamates (subject to hydrolysis) is 1. The average Bonchev–Trinajstić information content (AvgIpc) is 2.68. The summed E-state index contributed by atoms with van der Waals surface area (Å²) in [5.74, 6) is 0.0912. The topological polar surface area (TPSA) is 97.0 Å². The highest BCUT2D eigenvalue weighted by atomic mass is 16.6. The number of likely N-dealkylation sites (N-methyl/N-ethyl adjacent to an activating group) is 1. The molecule has 1 aliphatic rings. The number of ketones is 2. The van der Waals surface area contributed by atoms with Gasteiger partial charge in [-0.2, -0.15) is 0 Å². The van der Waals surface area contributed by atoms with Crippen molar-refractivity contribution in [1.82, 2.24) is 15.5 Å². The van der Waals surface area contributed by atoms with Crippen molar-refractivity contribution in [2.24, 2.45) is 0 Å². The molecule has 8 heteroatoms. The molecule has 0 bridgehead atoms. The number of nitrogens with zero attached hydrogens (tertiary/aromatic N) is 1. The van der Waals surface area contributed by atoms with Crippen LogP contribution in [0, 0.1) is 0 Å². The van der Waals surface area contributed by atoms with Gasteiger partial charge in [0.15, 0.2) is 11.6 Å². The van der Waals surface area contributed by atoms with Crippen molar-refractivity contribution in [3.05, 3.63) is 40.6 Å². The highest BCUT2D eigenvalue weighted by Gasteiger charge is 2.20. The second-order valence-corrected chi connectivity index (χ2v) is 9.67. The largest absolute Gasteiger partial charge is 0.487 e. The van der Waals surface area contributed by atoms with E-state index in [2.05, 4.69) is 15.5 Å². The first-order valence-corrected chi connectivity index (χ1v) is 11.9. The molecule has 0 unspecified atom stereocenters. The van der Waals surface area contributed by atoms with Crippen LogP contribution in [0.4, 0.5) is 4.79 Å². The summed E-state index contributed by atoms with van der Waals surface area (Å²) < 4.78 is 11.3. The predicted octanol–water partition coefficient (Wildman–Crippen LogP) is 3.95. The fraction of sp³-hybridized carbons (Fsp3) is 0.577. The van der Waals surface area contributed by atoms with E-state index in [0.717, 1.165) is 38.0 Å². The lowest BCUT2D eigenvalue weighted by Crippen LogP contribution is -2.38. The van der Waals surface area contributed by atoms with E-state index in [-0.39, 0.29) is 11.6 Å². The van der Waals surface area contributed by atoms with E-state index in [1.807, 2.05) is 27.8 Å². The van der Waals surface area contributed by atoms with E-state index in [9.17, 15) is 14.4 Å². The molecule has 1 aliphatic carbocycles. The zero-order valence-corrected chi connectivity index (χ0v) is 21.4. The van der Waals surface area contributed by atoms with Crippen LogP contribution >= 0.6 is 0 Å². The van der Waals surface area contributed by atoms with Crippen LogP contribution < -0.4 is 15.4 Å². The Labute approximate surface area is 203 Å². The third-order valence-corrected chi connectivity index (χ3v) is 5.51. The number of Topliss-reactive ketones (excluding diaryl/α,β-unsaturated/α-hetero) is 2. The summed E-state index contributed by atoms with van der Waals surface area (Å²) in [6.45, 7) is 11.4. The van der Waals surface area contributed by atoms with Crippen molar-refractivity contribution in [2.75, 3.05) is 39.8 Å². The lowest BCUT2D eigenvalue weighted by atomic mass is 9.90. The standard InChI is InChI=1S/C26H39N3O5/c1-18(30)21-11-8-12-23(24(21)19(2)31)33-17-22(20-9-7-10-20)27-13-15-29(6)16-14-28-25(32)34-26(3,4)5/h8,11-12,27H,7,9-10,13-17H2,1-6H3,(H,28,32). The maximum Gasteiger partial charge on any atom is 0.407 e. The molecule has 1 amide bonds. The van der Waals surface area contributed by atoms with Gasteiger partial charge < -0.3 is 25.0 Å². The number of carbonyl (C=O) groups is 3. The summed E-state index contributed by atoms with van der Waals surface area (Å²) in [5, 5.41) is 6.26. The van der Waals surface area contributed by atoms with E-state index in [1.54, 1.807) is 18.2 Å². The third kappa shape index (κ3) is 8.82. The Balaban J connectivity index is 1.86.